The molecule has 1 aliphatic heterocycles. The van der Waals surface area contributed by atoms with Crippen LogP contribution in [0.5, 0.6) is 0 Å². The molecule has 2 aromatic carbocycles. The van der Waals surface area contributed by atoms with Gasteiger partial charge in [0.05, 0.1) is 11.3 Å². The van der Waals surface area contributed by atoms with Crippen molar-refractivity contribution in [1.82, 2.24) is 14.8 Å². The standard InChI is InChI=1S/C26H31N3O2S/c1-19-6-5-7-21(14-19)17-29-12-10-20(11-13-29)16-27-25(30)18-32-24-15-26(31)28(2)23-9-4-3-8-22(23)24/h3-9,14-15,20H,10-13,16-18H2,1-2H3,(H,27,30). The van der Waals surface area contributed by atoms with E-state index in [0.717, 1.165) is 54.8 Å². The maximum absolute atomic E-state index is 12.5. The third-order valence-corrected chi connectivity index (χ3v) is 7.31. The minimum Gasteiger partial charge on any atom is -0.355 e. The Labute approximate surface area is 193 Å². The second-order valence-corrected chi connectivity index (χ2v) is 9.74. The van der Waals surface area contributed by atoms with Crippen molar-refractivity contribution < 1.29 is 4.79 Å². The Morgan fingerprint density at radius 2 is 1.88 bits per heavy atom. The van der Waals surface area contributed by atoms with Crippen LogP contribution in [0.2, 0.25) is 0 Å². The van der Waals surface area contributed by atoms with Gasteiger partial charge in [0.15, 0.2) is 0 Å². The summed E-state index contributed by atoms with van der Waals surface area (Å²) in [6.45, 7) is 6.01. The highest BCUT2D eigenvalue weighted by atomic mass is 32.2. The number of aromatic nitrogens is 1. The summed E-state index contributed by atoms with van der Waals surface area (Å²) < 4.78 is 1.64. The Morgan fingerprint density at radius 3 is 2.66 bits per heavy atom. The molecule has 5 nitrogen and oxygen atoms in total. The quantitative estimate of drug-likeness (QED) is 0.555. The first-order valence-corrected chi connectivity index (χ1v) is 12.2. The Kier molecular flexibility index (Phi) is 7.33. The zero-order chi connectivity index (χ0) is 22.5. The van der Waals surface area contributed by atoms with Crippen molar-refractivity contribution in [3.63, 3.8) is 0 Å². The van der Waals surface area contributed by atoms with E-state index in [1.165, 1.54) is 22.9 Å². The van der Waals surface area contributed by atoms with Crippen LogP contribution in [0.1, 0.15) is 24.0 Å². The van der Waals surface area contributed by atoms with Crippen molar-refractivity contribution >= 4 is 28.6 Å². The number of pyridine rings is 1. The lowest BCUT2D eigenvalue weighted by molar-refractivity contribution is -0.118. The molecular weight excluding hydrogens is 418 g/mol. The van der Waals surface area contributed by atoms with Gasteiger partial charge in [-0.1, -0.05) is 48.0 Å². The van der Waals surface area contributed by atoms with Gasteiger partial charge in [0.25, 0.3) is 5.56 Å². The Hall–Kier alpha value is -2.57. The molecule has 0 atom stereocenters. The third kappa shape index (κ3) is 5.61. The normalized spacial score (nSPS) is 15.2. The van der Waals surface area contributed by atoms with Crippen molar-refractivity contribution in [3.05, 3.63) is 76.1 Å². The highest BCUT2D eigenvalue weighted by Gasteiger charge is 2.20. The molecule has 0 spiro atoms. The maximum Gasteiger partial charge on any atom is 0.251 e. The summed E-state index contributed by atoms with van der Waals surface area (Å²) in [6, 6.07) is 18.2. The fourth-order valence-corrected chi connectivity index (χ4v) is 5.27. The van der Waals surface area contributed by atoms with Crippen molar-refractivity contribution in [2.75, 3.05) is 25.4 Å². The molecule has 1 aromatic heterocycles. The smallest absolute Gasteiger partial charge is 0.251 e. The van der Waals surface area contributed by atoms with Crippen LogP contribution in [0.25, 0.3) is 10.9 Å². The summed E-state index contributed by atoms with van der Waals surface area (Å²) >= 11 is 1.44. The second kappa shape index (κ2) is 10.4. The molecule has 1 N–H and O–H groups in total. The number of thioether (sulfide) groups is 1. The van der Waals surface area contributed by atoms with Gasteiger partial charge < -0.3 is 9.88 Å². The average Bonchev–Trinajstić information content (AvgIpc) is 2.80. The molecule has 0 bridgehead atoms. The van der Waals surface area contributed by atoms with E-state index >= 15 is 0 Å². The highest BCUT2D eigenvalue weighted by Crippen LogP contribution is 2.26. The molecule has 0 radical (unpaired) electrons. The zero-order valence-corrected chi connectivity index (χ0v) is 19.7. The molecule has 3 aromatic rings. The Morgan fingerprint density at radius 1 is 1.09 bits per heavy atom. The van der Waals surface area contributed by atoms with Gasteiger partial charge in [0.1, 0.15) is 0 Å². The predicted molar refractivity (Wildman–Crippen MR) is 132 cm³/mol. The number of nitrogens with one attached hydrogen (secondary N) is 1. The van der Waals surface area contributed by atoms with Crippen molar-refractivity contribution in [2.24, 2.45) is 13.0 Å². The van der Waals surface area contributed by atoms with Crippen LogP contribution in [0.3, 0.4) is 0 Å². The van der Waals surface area contributed by atoms with Crippen LogP contribution in [0.4, 0.5) is 0 Å². The number of nitrogens with zero attached hydrogens (tertiary/aromatic N) is 2. The number of amides is 1. The summed E-state index contributed by atoms with van der Waals surface area (Å²) in [5.74, 6) is 0.883. The minimum atomic E-state index is -0.0518. The minimum absolute atomic E-state index is 0.0296. The van der Waals surface area contributed by atoms with Crippen LogP contribution in [-0.2, 0) is 18.4 Å². The molecule has 1 aliphatic rings. The van der Waals surface area contributed by atoms with Crippen LogP contribution in [-0.4, -0.2) is 40.8 Å². The van der Waals surface area contributed by atoms with Gasteiger partial charge in [-0.2, -0.15) is 0 Å². The van der Waals surface area contributed by atoms with Gasteiger partial charge in [0, 0.05) is 36.5 Å². The number of piperidine rings is 1. The number of carbonyl (C=O) groups is 1. The molecule has 0 unspecified atom stereocenters. The number of benzene rings is 2. The van der Waals surface area contributed by atoms with Crippen molar-refractivity contribution in [2.45, 2.75) is 31.2 Å². The summed E-state index contributed by atoms with van der Waals surface area (Å²) in [4.78, 5) is 28.1. The molecule has 6 heteroatoms. The van der Waals surface area contributed by atoms with E-state index in [4.69, 9.17) is 0 Å². The van der Waals surface area contributed by atoms with Crippen LogP contribution >= 0.6 is 11.8 Å². The Bertz CT molecular complexity index is 1150. The molecular formula is C26H31N3O2S. The highest BCUT2D eigenvalue weighted by molar-refractivity contribution is 8.00. The average molecular weight is 450 g/mol. The number of carbonyl (C=O) groups excluding carboxylic acids is 1. The van der Waals surface area contributed by atoms with E-state index in [2.05, 4.69) is 41.4 Å². The van der Waals surface area contributed by atoms with Gasteiger partial charge in [-0.3, -0.25) is 14.5 Å². The monoisotopic (exact) mass is 449 g/mol. The van der Waals surface area contributed by atoms with Crippen LogP contribution in [0, 0.1) is 12.8 Å². The summed E-state index contributed by atoms with van der Waals surface area (Å²) in [5, 5.41) is 4.11. The molecule has 0 aliphatic carbocycles. The number of hydrogen-bond donors (Lipinski definition) is 1. The fraction of sp³-hybridized carbons (Fsp3) is 0.385. The number of para-hydroxylation sites is 1. The van der Waals surface area contributed by atoms with Crippen LogP contribution < -0.4 is 10.9 Å². The molecule has 2 heterocycles. The van der Waals surface area contributed by atoms with E-state index < -0.39 is 0 Å². The Balaban J connectivity index is 1.23. The number of hydrogen-bond acceptors (Lipinski definition) is 4. The van der Waals surface area contributed by atoms with E-state index in [-0.39, 0.29) is 11.5 Å². The van der Waals surface area contributed by atoms with E-state index in [9.17, 15) is 9.59 Å². The first-order valence-electron chi connectivity index (χ1n) is 11.3. The second-order valence-electron chi connectivity index (χ2n) is 8.72. The number of rotatable bonds is 7. The lowest BCUT2D eigenvalue weighted by atomic mass is 9.96. The van der Waals surface area contributed by atoms with E-state index in [1.54, 1.807) is 17.7 Å². The van der Waals surface area contributed by atoms with E-state index in [0.29, 0.717) is 11.7 Å². The largest absolute Gasteiger partial charge is 0.355 e. The van der Waals surface area contributed by atoms with Gasteiger partial charge >= 0.3 is 0 Å². The lowest BCUT2D eigenvalue weighted by Gasteiger charge is -2.32. The molecule has 1 fully saturated rings. The summed E-state index contributed by atoms with van der Waals surface area (Å²) in [6.07, 6.45) is 2.22. The predicted octanol–water partition coefficient (Wildman–Crippen LogP) is 3.97. The third-order valence-electron chi connectivity index (χ3n) is 6.26. The molecule has 168 valence electrons. The number of fused-ring (bicyclic) bond motifs is 1. The zero-order valence-electron chi connectivity index (χ0n) is 18.8. The summed E-state index contributed by atoms with van der Waals surface area (Å²) in [7, 11) is 1.78. The first-order chi connectivity index (χ1) is 15.5. The lowest BCUT2D eigenvalue weighted by Crippen LogP contribution is -2.38. The number of likely N-dealkylation sites (tertiary alicyclic amines) is 1. The molecule has 4 rings (SSSR count). The van der Waals surface area contributed by atoms with E-state index in [1.807, 2.05) is 24.3 Å². The SMILES string of the molecule is Cc1cccc(CN2CCC(CNC(=O)CSc3cc(=O)n(C)c4ccccc34)CC2)c1. The van der Waals surface area contributed by atoms with Crippen molar-refractivity contribution in [1.29, 1.82) is 0 Å². The molecule has 1 amide bonds. The maximum atomic E-state index is 12.5. The fourth-order valence-electron chi connectivity index (χ4n) is 4.37. The van der Waals surface area contributed by atoms with Gasteiger partial charge in [0.2, 0.25) is 5.91 Å². The molecule has 0 saturated carbocycles. The van der Waals surface area contributed by atoms with Gasteiger partial charge in [-0.25, -0.2) is 0 Å². The first kappa shape index (κ1) is 22.6. The van der Waals surface area contributed by atoms with Crippen molar-refractivity contribution in [3.8, 4) is 0 Å². The van der Waals surface area contributed by atoms with Gasteiger partial charge in [-0.15, -0.1) is 11.8 Å². The van der Waals surface area contributed by atoms with Crippen LogP contribution in [0.15, 0.2) is 64.3 Å². The number of aryl methyl sites for hydroxylation is 2. The molecule has 32 heavy (non-hydrogen) atoms. The topological polar surface area (TPSA) is 54.3 Å². The van der Waals surface area contributed by atoms with Gasteiger partial charge in [-0.05, 0) is 50.4 Å². The summed E-state index contributed by atoms with van der Waals surface area (Å²) in [5.41, 5.74) is 3.52. The molecule has 1 saturated heterocycles.